The maximum absolute atomic E-state index is 5.23. The number of allylic oxidation sites excluding steroid dienone is 1. The summed E-state index contributed by atoms with van der Waals surface area (Å²) in [4.78, 5) is 0. The highest BCUT2D eigenvalue weighted by Gasteiger charge is 1.88. The summed E-state index contributed by atoms with van der Waals surface area (Å²) < 4.78 is 6.13. The molecule has 54 valence electrons. The molecule has 0 aliphatic heterocycles. The highest BCUT2D eigenvalue weighted by atomic mass is 127. The first-order chi connectivity index (χ1) is 4.31. The Morgan fingerprint density at radius 1 is 1.67 bits per heavy atom. The number of hydrogen-bond acceptors (Lipinski definition) is 1. The van der Waals surface area contributed by atoms with Crippen LogP contribution in [0.4, 0.5) is 0 Å². The van der Waals surface area contributed by atoms with E-state index in [0.717, 1.165) is 23.2 Å². The molecule has 0 spiro atoms. The predicted molar refractivity (Wildman–Crippen MR) is 48.9 cm³/mol. The fourth-order valence-electron chi connectivity index (χ4n) is 0.399. The van der Waals surface area contributed by atoms with Crippen LogP contribution in [0.2, 0.25) is 0 Å². The molecule has 0 heterocycles. The SMILES string of the molecule is C=C(CI)OCCCC. The minimum Gasteiger partial charge on any atom is -0.498 e. The second-order valence-corrected chi connectivity index (χ2v) is 2.64. The van der Waals surface area contributed by atoms with Crippen molar-refractivity contribution in [3.63, 3.8) is 0 Å². The van der Waals surface area contributed by atoms with Gasteiger partial charge < -0.3 is 4.74 Å². The number of ether oxygens (including phenoxy) is 1. The Balaban J connectivity index is 2.97. The Bertz CT molecular complexity index is 81.0. The molecule has 0 aliphatic carbocycles. The van der Waals surface area contributed by atoms with Gasteiger partial charge in [0, 0.05) is 0 Å². The van der Waals surface area contributed by atoms with Crippen molar-refractivity contribution in [3.05, 3.63) is 12.3 Å². The van der Waals surface area contributed by atoms with Gasteiger partial charge in [-0.1, -0.05) is 42.5 Å². The summed E-state index contributed by atoms with van der Waals surface area (Å²) in [6.45, 7) is 6.70. The summed E-state index contributed by atoms with van der Waals surface area (Å²) in [6, 6.07) is 0. The largest absolute Gasteiger partial charge is 0.498 e. The van der Waals surface area contributed by atoms with E-state index in [2.05, 4.69) is 36.1 Å². The van der Waals surface area contributed by atoms with E-state index in [1.54, 1.807) is 0 Å². The number of hydrogen-bond donors (Lipinski definition) is 0. The lowest BCUT2D eigenvalue weighted by Crippen LogP contribution is -1.93. The van der Waals surface area contributed by atoms with Crippen LogP contribution in [0.5, 0.6) is 0 Å². The molecule has 0 aromatic carbocycles. The lowest BCUT2D eigenvalue weighted by atomic mass is 10.4. The van der Waals surface area contributed by atoms with Crippen LogP contribution in [0.3, 0.4) is 0 Å². The standard InChI is InChI=1S/C7H13IO/c1-3-4-5-9-7(2)6-8/h2-6H2,1H3. The van der Waals surface area contributed by atoms with Crippen LogP contribution in [0.25, 0.3) is 0 Å². The third-order valence-electron chi connectivity index (χ3n) is 0.953. The van der Waals surface area contributed by atoms with Crippen LogP contribution in [0.15, 0.2) is 12.3 Å². The van der Waals surface area contributed by atoms with Gasteiger partial charge in [-0.05, 0) is 6.42 Å². The molecule has 1 nitrogen and oxygen atoms in total. The van der Waals surface area contributed by atoms with Gasteiger partial charge in [0.2, 0.25) is 0 Å². The summed E-state index contributed by atoms with van der Waals surface area (Å²) in [7, 11) is 0. The maximum Gasteiger partial charge on any atom is 0.0985 e. The molecule has 0 unspecified atom stereocenters. The number of unbranched alkanes of at least 4 members (excludes halogenated alkanes) is 1. The van der Waals surface area contributed by atoms with Gasteiger partial charge in [0.25, 0.3) is 0 Å². The van der Waals surface area contributed by atoms with E-state index >= 15 is 0 Å². The van der Waals surface area contributed by atoms with Crippen molar-refractivity contribution in [2.45, 2.75) is 19.8 Å². The number of alkyl halides is 1. The first-order valence-electron chi connectivity index (χ1n) is 3.17. The van der Waals surface area contributed by atoms with Crippen molar-refractivity contribution in [3.8, 4) is 0 Å². The van der Waals surface area contributed by atoms with Crippen molar-refractivity contribution in [2.24, 2.45) is 0 Å². The molecule has 2 heteroatoms. The van der Waals surface area contributed by atoms with Crippen LogP contribution in [-0.2, 0) is 4.74 Å². The van der Waals surface area contributed by atoms with Gasteiger partial charge in [0.15, 0.2) is 0 Å². The Morgan fingerprint density at radius 2 is 2.33 bits per heavy atom. The lowest BCUT2D eigenvalue weighted by Gasteiger charge is -2.03. The molecule has 9 heavy (non-hydrogen) atoms. The van der Waals surface area contributed by atoms with E-state index in [1.165, 1.54) is 6.42 Å². The van der Waals surface area contributed by atoms with Gasteiger partial charge in [-0.15, -0.1) is 0 Å². The molecule has 0 rings (SSSR count). The summed E-state index contributed by atoms with van der Waals surface area (Å²) >= 11 is 2.24. The summed E-state index contributed by atoms with van der Waals surface area (Å²) in [6.07, 6.45) is 2.32. The summed E-state index contributed by atoms with van der Waals surface area (Å²) in [5, 5.41) is 0. The smallest absolute Gasteiger partial charge is 0.0985 e. The third-order valence-corrected chi connectivity index (χ3v) is 1.80. The van der Waals surface area contributed by atoms with E-state index in [9.17, 15) is 0 Å². The topological polar surface area (TPSA) is 9.23 Å². The first kappa shape index (κ1) is 9.27. The molecule has 0 bridgehead atoms. The molecule has 0 atom stereocenters. The van der Waals surface area contributed by atoms with Crippen molar-refractivity contribution >= 4 is 22.6 Å². The average molecular weight is 240 g/mol. The molecule has 0 saturated carbocycles. The van der Waals surface area contributed by atoms with Crippen LogP contribution in [0, 0.1) is 0 Å². The van der Waals surface area contributed by atoms with Crippen molar-refractivity contribution in [1.82, 2.24) is 0 Å². The fourth-order valence-corrected chi connectivity index (χ4v) is 0.620. The third kappa shape index (κ3) is 6.15. The van der Waals surface area contributed by atoms with E-state index in [0.29, 0.717) is 0 Å². The highest BCUT2D eigenvalue weighted by Crippen LogP contribution is 2.00. The van der Waals surface area contributed by atoms with Crippen molar-refractivity contribution < 1.29 is 4.74 Å². The van der Waals surface area contributed by atoms with Gasteiger partial charge in [-0.3, -0.25) is 0 Å². The lowest BCUT2D eigenvalue weighted by molar-refractivity contribution is 0.213. The molecule has 0 aromatic rings. The van der Waals surface area contributed by atoms with Gasteiger partial charge in [-0.25, -0.2) is 0 Å². The van der Waals surface area contributed by atoms with Crippen LogP contribution in [0.1, 0.15) is 19.8 Å². The molecule has 0 fully saturated rings. The molecule has 0 radical (unpaired) electrons. The Labute approximate surface area is 70.6 Å². The minimum absolute atomic E-state index is 0.832. The first-order valence-corrected chi connectivity index (χ1v) is 4.70. The molecule has 0 aliphatic rings. The zero-order valence-electron chi connectivity index (χ0n) is 5.82. The van der Waals surface area contributed by atoms with Gasteiger partial charge in [-0.2, -0.15) is 0 Å². The molecular weight excluding hydrogens is 227 g/mol. The Kier molecular flexibility index (Phi) is 6.58. The molecule has 0 amide bonds. The average Bonchev–Trinajstić information content (AvgIpc) is 1.89. The number of rotatable bonds is 5. The van der Waals surface area contributed by atoms with E-state index in [1.807, 2.05) is 0 Å². The fraction of sp³-hybridized carbons (Fsp3) is 0.714. The Morgan fingerprint density at radius 3 is 2.78 bits per heavy atom. The second-order valence-electron chi connectivity index (χ2n) is 1.87. The molecular formula is C7H13IO. The zero-order valence-corrected chi connectivity index (χ0v) is 7.98. The minimum atomic E-state index is 0.832. The second kappa shape index (κ2) is 6.39. The van der Waals surface area contributed by atoms with E-state index in [-0.39, 0.29) is 0 Å². The van der Waals surface area contributed by atoms with Crippen molar-refractivity contribution in [2.75, 3.05) is 11.0 Å². The van der Waals surface area contributed by atoms with Crippen LogP contribution in [-0.4, -0.2) is 11.0 Å². The van der Waals surface area contributed by atoms with E-state index < -0.39 is 0 Å². The normalized spacial score (nSPS) is 9.11. The quantitative estimate of drug-likeness (QED) is 0.311. The van der Waals surface area contributed by atoms with Gasteiger partial charge in [0.05, 0.1) is 16.8 Å². The summed E-state index contributed by atoms with van der Waals surface area (Å²) in [5.41, 5.74) is 0. The monoisotopic (exact) mass is 240 g/mol. The zero-order chi connectivity index (χ0) is 7.11. The molecule has 0 aromatic heterocycles. The van der Waals surface area contributed by atoms with Crippen LogP contribution < -0.4 is 0 Å². The van der Waals surface area contributed by atoms with Crippen molar-refractivity contribution in [1.29, 1.82) is 0 Å². The van der Waals surface area contributed by atoms with E-state index in [4.69, 9.17) is 4.74 Å². The number of halogens is 1. The van der Waals surface area contributed by atoms with Gasteiger partial charge >= 0.3 is 0 Å². The Hall–Kier alpha value is 0.270. The maximum atomic E-state index is 5.23. The van der Waals surface area contributed by atoms with Crippen LogP contribution >= 0.6 is 22.6 Å². The molecule has 0 saturated heterocycles. The predicted octanol–water partition coefficient (Wildman–Crippen LogP) is 2.75. The molecule has 0 N–H and O–H groups in total. The van der Waals surface area contributed by atoms with Gasteiger partial charge in [0.1, 0.15) is 0 Å². The summed E-state index contributed by atoms with van der Waals surface area (Å²) in [5.74, 6) is 0.893. The highest BCUT2D eigenvalue weighted by molar-refractivity contribution is 14.1.